The van der Waals surface area contributed by atoms with Gasteiger partial charge < -0.3 is 28.4 Å². The molecular formula is C21H24F6O9. The van der Waals surface area contributed by atoms with Gasteiger partial charge in [0.2, 0.25) is 6.10 Å². The molecule has 0 bridgehead atoms. The van der Waals surface area contributed by atoms with E-state index in [1.54, 1.807) is 13.8 Å². The van der Waals surface area contributed by atoms with Crippen molar-refractivity contribution in [1.82, 2.24) is 0 Å². The van der Waals surface area contributed by atoms with Gasteiger partial charge in [0.25, 0.3) is 6.10 Å². The summed E-state index contributed by atoms with van der Waals surface area (Å²) in [4.78, 5) is 36.4. The first-order valence-corrected chi connectivity index (χ1v) is 11.4. The van der Waals surface area contributed by atoms with Crippen LogP contribution in [0.2, 0.25) is 0 Å². The molecule has 9 nitrogen and oxygen atoms in total. The summed E-state index contributed by atoms with van der Waals surface area (Å²) in [6.07, 6.45) is -20.9. The number of alkyl halides is 6. The fourth-order valence-corrected chi connectivity index (χ4v) is 4.65. The topological polar surface area (TPSA) is 107 Å². The minimum absolute atomic E-state index is 0.0520. The van der Waals surface area contributed by atoms with E-state index < -0.39 is 84.7 Å². The van der Waals surface area contributed by atoms with Crippen LogP contribution in [-0.2, 0) is 42.8 Å². The van der Waals surface area contributed by atoms with E-state index >= 15 is 0 Å². The van der Waals surface area contributed by atoms with Gasteiger partial charge in [0, 0.05) is 12.8 Å². The maximum atomic E-state index is 12.7. The highest BCUT2D eigenvalue weighted by Crippen LogP contribution is 2.49. The molecule has 4 rings (SSSR count). The second-order valence-electron chi connectivity index (χ2n) is 9.32. The summed E-state index contributed by atoms with van der Waals surface area (Å²) >= 11 is 0. The van der Waals surface area contributed by atoms with Crippen LogP contribution < -0.4 is 0 Å². The SMILES string of the molecule is CCC(C)C(=O)OC1C(=O)OC2C3OC4(CCC(C(=O)OC(C(F)(F)F)C(F)(F)F)CC4)OC3OC12. The monoisotopic (exact) mass is 534 g/mol. The standard InChI is InChI=1S/C21H24F6O9/c1-3-8(2)14(28)32-12-10-11(31-16(12)30)13-17(33-10)36-19(35-13)6-4-9(5-7-19)15(29)34-18(20(22,23)24)21(25,26)27/h8-13,17-18H,3-7H2,1-2H3. The van der Waals surface area contributed by atoms with Gasteiger partial charge in [-0.1, -0.05) is 13.8 Å². The number of hydrogen-bond donors (Lipinski definition) is 0. The van der Waals surface area contributed by atoms with Crippen LogP contribution in [0.1, 0.15) is 46.0 Å². The zero-order valence-corrected chi connectivity index (χ0v) is 19.1. The fraction of sp³-hybridized carbons (Fsp3) is 0.857. The van der Waals surface area contributed by atoms with Crippen LogP contribution >= 0.6 is 0 Å². The van der Waals surface area contributed by atoms with Crippen LogP contribution in [0.5, 0.6) is 0 Å². The molecule has 6 unspecified atom stereocenters. The molecule has 204 valence electrons. The van der Waals surface area contributed by atoms with Crippen LogP contribution in [0.15, 0.2) is 0 Å². The van der Waals surface area contributed by atoms with Gasteiger partial charge in [-0.15, -0.1) is 0 Å². The van der Waals surface area contributed by atoms with Crippen LogP contribution in [0, 0.1) is 11.8 Å². The molecular weight excluding hydrogens is 510 g/mol. The van der Waals surface area contributed by atoms with E-state index in [-0.39, 0.29) is 25.7 Å². The number of halogens is 6. The second kappa shape index (κ2) is 9.31. The summed E-state index contributed by atoms with van der Waals surface area (Å²) in [6.45, 7) is 3.41. The highest BCUT2D eigenvalue weighted by atomic mass is 19.4. The molecule has 4 fully saturated rings. The third-order valence-corrected chi connectivity index (χ3v) is 6.84. The molecule has 15 heteroatoms. The lowest BCUT2D eigenvalue weighted by Gasteiger charge is -2.36. The third-order valence-electron chi connectivity index (χ3n) is 6.84. The first-order valence-electron chi connectivity index (χ1n) is 11.4. The number of carbonyl (C=O) groups excluding carboxylic acids is 3. The van der Waals surface area contributed by atoms with Crippen molar-refractivity contribution < 1.29 is 69.1 Å². The van der Waals surface area contributed by atoms with E-state index in [0.717, 1.165) is 0 Å². The molecule has 1 saturated carbocycles. The predicted molar refractivity (Wildman–Crippen MR) is 101 cm³/mol. The number of hydrogen-bond acceptors (Lipinski definition) is 9. The smallest absolute Gasteiger partial charge is 0.434 e. The Morgan fingerprint density at radius 2 is 1.64 bits per heavy atom. The quantitative estimate of drug-likeness (QED) is 0.299. The minimum Gasteiger partial charge on any atom is -0.454 e. The Hall–Kier alpha value is -2.13. The summed E-state index contributed by atoms with van der Waals surface area (Å²) in [7, 11) is 0. The molecule has 3 aliphatic heterocycles. The van der Waals surface area contributed by atoms with Crippen molar-refractivity contribution in [3.63, 3.8) is 0 Å². The van der Waals surface area contributed by atoms with Crippen molar-refractivity contribution in [2.24, 2.45) is 11.8 Å². The molecule has 3 saturated heterocycles. The highest BCUT2D eigenvalue weighted by molar-refractivity contribution is 5.83. The molecule has 0 aromatic heterocycles. The van der Waals surface area contributed by atoms with E-state index in [4.69, 9.17) is 23.7 Å². The molecule has 1 aliphatic carbocycles. The van der Waals surface area contributed by atoms with Gasteiger partial charge in [-0.3, -0.25) is 9.59 Å². The Bertz CT molecular complexity index is 868. The van der Waals surface area contributed by atoms with E-state index in [1.807, 2.05) is 0 Å². The van der Waals surface area contributed by atoms with Crippen LogP contribution in [0.25, 0.3) is 0 Å². The summed E-state index contributed by atoms with van der Waals surface area (Å²) in [6, 6.07) is 0. The average molecular weight is 534 g/mol. The number of rotatable bonds is 5. The number of carbonyl (C=O) groups is 3. The largest absolute Gasteiger partial charge is 0.454 e. The van der Waals surface area contributed by atoms with Crippen molar-refractivity contribution in [3.05, 3.63) is 0 Å². The minimum atomic E-state index is -5.80. The maximum Gasteiger partial charge on any atom is 0.434 e. The zero-order valence-electron chi connectivity index (χ0n) is 19.1. The summed E-state index contributed by atoms with van der Waals surface area (Å²) in [5, 5.41) is 0. The van der Waals surface area contributed by atoms with Crippen LogP contribution in [-0.4, -0.2) is 72.9 Å². The van der Waals surface area contributed by atoms with Gasteiger partial charge >= 0.3 is 30.3 Å². The van der Waals surface area contributed by atoms with Crippen LogP contribution in [0.3, 0.4) is 0 Å². The second-order valence-corrected chi connectivity index (χ2v) is 9.32. The molecule has 0 radical (unpaired) electrons. The molecule has 4 aliphatic rings. The molecule has 0 amide bonds. The summed E-state index contributed by atoms with van der Waals surface area (Å²) in [5.41, 5.74) is 0. The molecule has 36 heavy (non-hydrogen) atoms. The maximum absolute atomic E-state index is 12.7. The van der Waals surface area contributed by atoms with E-state index in [2.05, 4.69) is 4.74 Å². The Labute approximate surface area is 200 Å². The van der Waals surface area contributed by atoms with Crippen molar-refractivity contribution in [2.75, 3.05) is 0 Å². The zero-order chi connectivity index (χ0) is 26.6. The van der Waals surface area contributed by atoms with Gasteiger partial charge in [0.15, 0.2) is 24.3 Å². The molecule has 0 aromatic rings. The Balaban J connectivity index is 1.33. The van der Waals surface area contributed by atoms with Gasteiger partial charge in [-0.25, -0.2) is 4.79 Å². The van der Waals surface area contributed by atoms with Gasteiger partial charge in [-0.05, 0) is 19.3 Å². The lowest BCUT2D eigenvalue weighted by atomic mass is 9.85. The fourth-order valence-electron chi connectivity index (χ4n) is 4.65. The number of fused-ring (bicyclic) bond motifs is 3. The van der Waals surface area contributed by atoms with Crippen molar-refractivity contribution in [3.8, 4) is 0 Å². The predicted octanol–water partition coefficient (Wildman–Crippen LogP) is 2.93. The first kappa shape index (κ1) is 26.9. The summed E-state index contributed by atoms with van der Waals surface area (Å²) in [5.74, 6) is -6.02. The Kier molecular flexibility index (Phi) is 6.96. The van der Waals surface area contributed by atoms with Gasteiger partial charge in [0.1, 0.15) is 6.10 Å². The molecule has 0 N–H and O–H groups in total. The van der Waals surface area contributed by atoms with Gasteiger partial charge in [-0.2, -0.15) is 26.3 Å². The van der Waals surface area contributed by atoms with Crippen molar-refractivity contribution in [2.45, 2.75) is 101 Å². The number of esters is 3. The summed E-state index contributed by atoms with van der Waals surface area (Å²) < 4.78 is 108. The Morgan fingerprint density at radius 1 is 1.03 bits per heavy atom. The van der Waals surface area contributed by atoms with Gasteiger partial charge in [0.05, 0.1) is 11.8 Å². The number of ether oxygens (including phenoxy) is 6. The molecule has 6 atom stereocenters. The van der Waals surface area contributed by atoms with E-state index in [0.29, 0.717) is 6.42 Å². The molecule has 0 aromatic carbocycles. The Morgan fingerprint density at radius 3 is 2.19 bits per heavy atom. The highest BCUT2D eigenvalue weighted by Gasteiger charge is 2.66. The van der Waals surface area contributed by atoms with E-state index in [1.165, 1.54) is 0 Å². The lowest BCUT2D eigenvalue weighted by molar-refractivity contribution is -0.315. The lowest BCUT2D eigenvalue weighted by Crippen LogP contribution is -2.47. The van der Waals surface area contributed by atoms with Crippen LogP contribution in [0.4, 0.5) is 26.3 Å². The van der Waals surface area contributed by atoms with E-state index in [9.17, 15) is 40.7 Å². The van der Waals surface area contributed by atoms with Crippen molar-refractivity contribution in [1.29, 1.82) is 0 Å². The third kappa shape index (κ3) is 5.01. The molecule has 3 heterocycles. The first-order chi connectivity index (χ1) is 16.6. The normalized spacial score (nSPS) is 37.0. The van der Waals surface area contributed by atoms with Crippen molar-refractivity contribution >= 4 is 17.9 Å². The molecule has 1 spiro atoms. The average Bonchev–Trinajstić information content (AvgIpc) is 3.38.